The Hall–Kier alpha value is -2.09. The Bertz CT molecular complexity index is 705. The lowest BCUT2D eigenvalue weighted by Gasteiger charge is -2.13. The lowest BCUT2D eigenvalue weighted by Crippen LogP contribution is -2.08. The number of halogens is 7. The zero-order valence-electron chi connectivity index (χ0n) is 9.88. The van der Waals surface area contributed by atoms with Crippen molar-refractivity contribution >= 4 is 28.7 Å². The number of anilines is 3. The van der Waals surface area contributed by atoms with Gasteiger partial charge >= 0.3 is 0 Å². The first-order valence-electron chi connectivity index (χ1n) is 5.27. The van der Waals surface area contributed by atoms with Crippen molar-refractivity contribution in [1.29, 1.82) is 0 Å². The predicted molar refractivity (Wildman–Crippen MR) is 65.3 cm³/mol. The van der Waals surface area contributed by atoms with Crippen LogP contribution in [0.2, 0.25) is 5.02 Å². The fraction of sp³-hybridized carbons (Fsp3) is 0. The molecule has 0 saturated carbocycles. The Morgan fingerprint density at radius 1 is 0.810 bits per heavy atom. The third-order valence-corrected chi connectivity index (χ3v) is 2.85. The monoisotopic (exact) mass is 326 g/mol. The summed E-state index contributed by atoms with van der Waals surface area (Å²) in [5.41, 5.74) is 3.43. The summed E-state index contributed by atoms with van der Waals surface area (Å²) in [6.45, 7) is 0. The van der Waals surface area contributed by atoms with E-state index in [0.29, 0.717) is 6.07 Å². The Balaban J connectivity index is 2.58. The normalized spacial score (nSPS) is 10.8. The zero-order valence-corrected chi connectivity index (χ0v) is 10.6. The molecule has 0 saturated heterocycles. The molecule has 0 aliphatic heterocycles. The summed E-state index contributed by atoms with van der Waals surface area (Å²) >= 11 is 5.42. The summed E-state index contributed by atoms with van der Waals surface area (Å²) in [5, 5.41) is 1.50. The van der Waals surface area contributed by atoms with Gasteiger partial charge in [0.25, 0.3) is 0 Å². The number of hydrogen-bond donors (Lipinski definition) is 2. The Kier molecular flexibility index (Phi) is 3.91. The van der Waals surface area contributed by atoms with Gasteiger partial charge in [-0.2, -0.15) is 0 Å². The summed E-state index contributed by atoms with van der Waals surface area (Å²) in [6.07, 6.45) is 0. The van der Waals surface area contributed by atoms with Gasteiger partial charge in [0.05, 0.1) is 16.4 Å². The van der Waals surface area contributed by atoms with Crippen molar-refractivity contribution in [3.8, 4) is 0 Å². The van der Waals surface area contributed by atoms with Gasteiger partial charge in [-0.05, 0) is 6.07 Å². The molecule has 0 bridgehead atoms. The topological polar surface area (TPSA) is 38.0 Å². The summed E-state index contributed by atoms with van der Waals surface area (Å²) < 4.78 is 79.1. The van der Waals surface area contributed by atoms with Gasteiger partial charge in [0, 0.05) is 6.07 Å². The second kappa shape index (κ2) is 5.36. The first kappa shape index (κ1) is 15.3. The summed E-state index contributed by atoms with van der Waals surface area (Å²) in [7, 11) is 0. The first-order chi connectivity index (χ1) is 9.73. The molecule has 0 aromatic heterocycles. The van der Waals surface area contributed by atoms with E-state index in [1.165, 1.54) is 0 Å². The van der Waals surface area contributed by atoms with Gasteiger partial charge in [-0.15, -0.1) is 0 Å². The molecule has 0 radical (unpaired) electrons. The Morgan fingerprint density at radius 2 is 1.29 bits per heavy atom. The van der Waals surface area contributed by atoms with Gasteiger partial charge in [0.15, 0.2) is 23.3 Å². The van der Waals surface area contributed by atoms with Crippen LogP contribution in [-0.4, -0.2) is 0 Å². The molecule has 0 spiro atoms. The van der Waals surface area contributed by atoms with Gasteiger partial charge in [0.2, 0.25) is 5.82 Å². The van der Waals surface area contributed by atoms with Crippen molar-refractivity contribution in [2.45, 2.75) is 0 Å². The lowest BCUT2D eigenvalue weighted by molar-refractivity contribution is 0.382. The maximum atomic E-state index is 13.5. The van der Waals surface area contributed by atoms with Crippen LogP contribution in [0.3, 0.4) is 0 Å². The van der Waals surface area contributed by atoms with E-state index in [1.807, 2.05) is 5.32 Å². The standard InChI is InChI=1S/C12H5ClF6N2/c13-3-1-5(20)6(2-4(3)14)21-12-10(18)8(16)7(15)9(17)11(12)19/h1-2,21H,20H2. The average Bonchev–Trinajstić information content (AvgIpc) is 2.44. The van der Waals surface area contributed by atoms with Gasteiger partial charge in [-0.25, -0.2) is 26.3 Å². The molecule has 2 rings (SSSR count). The van der Waals surface area contributed by atoms with Crippen molar-refractivity contribution in [2.75, 3.05) is 11.1 Å². The number of rotatable bonds is 2. The molecule has 2 aromatic rings. The van der Waals surface area contributed by atoms with E-state index in [9.17, 15) is 26.3 Å². The van der Waals surface area contributed by atoms with Crippen LogP contribution in [-0.2, 0) is 0 Å². The molecule has 21 heavy (non-hydrogen) atoms. The van der Waals surface area contributed by atoms with E-state index >= 15 is 0 Å². The number of hydrogen-bond acceptors (Lipinski definition) is 2. The highest BCUT2D eigenvalue weighted by Gasteiger charge is 2.26. The second-order valence-electron chi connectivity index (χ2n) is 3.92. The maximum absolute atomic E-state index is 13.5. The van der Waals surface area contributed by atoms with Crippen LogP contribution < -0.4 is 11.1 Å². The van der Waals surface area contributed by atoms with Crippen LogP contribution >= 0.6 is 11.6 Å². The number of nitrogen functional groups attached to an aromatic ring is 1. The molecule has 2 nitrogen and oxygen atoms in total. The van der Waals surface area contributed by atoms with E-state index in [-0.39, 0.29) is 10.7 Å². The minimum absolute atomic E-state index is 0.245. The minimum Gasteiger partial charge on any atom is -0.397 e. The molecule has 0 aliphatic carbocycles. The van der Waals surface area contributed by atoms with E-state index < -0.39 is 46.3 Å². The van der Waals surface area contributed by atoms with Crippen molar-refractivity contribution in [3.05, 3.63) is 52.1 Å². The molecule has 0 aliphatic rings. The highest BCUT2D eigenvalue weighted by Crippen LogP contribution is 2.33. The van der Waals surface area contributed by atoms with Gasteiger partial charge in [0.1, 0.15) is 11.5 Å². The lowest BCUT2D eigenvalue weighted by atomic mass is 10.2. The molecule has 0 fully saturated rings. The molecular formula is C12H5ClF6N2. The molecule has 9 heteroatoms. The molecule has 2 aromatic carbocycles. The SMILES string of the molecule is Nc1cc(Cl)c(F)cc1Nc1c(F)c(F)c(F)c(F)c1F. The smallest absolute Gasteiger partial charge is 0.200 e. The van der Waals surface area contributed by atoms with Crippen molar-refractivity contribution in [3.63, 3.8) is 0 Å². The quantitative estimate of drug-likeness (QED) is 0.369. The fourth-order valence-corrected chi connectivity index (χ4v) is 1.69. The zero-order chi connectivity index (χ0) is 15.9. The van der Waals surface area contributed by atoms with E-state index in [0.717, 1.165) is 6.07 Å². The highest BCUT2D eigenvalue weighted by molar-refractivity contribution is 6.31. The molecular weight excluding hydrogens is 322 g/mol. The number of benzene rings is 2. The summed E-state index contributed by atoms with van der Waals surface area (Å²) in [5.74, 6) is -11.8. The van der Waals surface area contributed by atoms with Crippen molar-refractivity contribution < 1.29 is 26.3 Å². The number of nitrogens with one attached hydrogen (secondary N) is 1. The fourth-order valence-electron chi connectivity index (χ4n) is 1.52. The largest absolute Gasteiger partial charge is 0.397 e. The number of nitrogens with two attached hydrogens (primary N) is 1. The second-order valence-corrected chi connectivity index (χ2v) is 4.33. The molecule has 112 valence electrons. The Labute approximate surface area is 119 Å². The van der Waals surface area contributed by atoms with Crippen LogP contribution in [0.15, 0.2) is 12.1 Å². The maximum Gasteiger partial charge on any atom is 0.200 e. The molecule has 0 atom stereocenters. The van der Waals surface area contributed by atoms with E-state index in [4.69, 9.17) is 17.3 Å². The highest BCUT2D eigenvalue weighted by atomic mass is 35.5. The first-order valence-corrected chi connectivity index (χ1v) is 5.64. The van der Waals surface area contributed by atoms with E-state index in [2.05, 4.69) is 0 Å². The van der Waals surface area contributed by atoms with Gasteiger partial charge in [-0.1, -0.05) is 11.6 Å². The van der Waals surface area contributed by atoms with Crippen LogP contribution in [0.4, 0.5) is 43.4 Å². The third kappa shape index (κ3) is 2.58. The van der Waals surface area contributed by atoms with Crippen LogP contribution in [0.25, 0.3) is 0 Å². The van der Waals surface area contributed by atoms with Crippen LogP contribution in [0.5, 0.6) is 0 Å². The van der Waals surface area contributed by atoms with Crippen molar-refractivity contribution in [2.24, 2.45) is 0 Å². The van der Waals surface area contributed by atoms with Crippen molar-refractivity contribution in [1.82, 2.24) is 0 Å². The van der Waals surface area contributed by atoms with Gasteiger partial charge in [-0.3, -0.25) is 0 Å². The average molecular weight is 327 g/mol. The third-order valence-electron chi connectivity index (χ3n) is 2.56. The summed E-state index contributed by atoms with van der Waals surface area (Å²) in [6, 6.07) is 1.58. The molecule has 3 N–H and O–H groups in total. The van der Waals surface area contributed by atoms with Crippen LogP contribution in [0.1, 0.15) is 0 Å². The predicted octanol–water partition coefficient (Wildman–Crippen LogP) is 4.50. The van der Waals surface area contributed by atoms with Crippen LogP contribution in [0, 0.1) is 34.9 Å². The Morgan fingerprint density at radius 3 is 1.81 bits per heavy atom. The molecule has 0 amide bonds. The molecule has 0 heterocycles. The van der Waals surface area contributed by atoms with Gasteiger partial charge < -0.3 is 11.1 Å². The minimum atomic E-state index is -2.30. The van der Waals surface area contributed by atoms with E-state index in [1.54, 1.807) is 0 Å². The summed E-state index contributed by atoms with van der Waals surface area (Å²) in [4.78, 5) is 0. The molecule has 0 unspecified atom stereocenters.